The molecule has 0 aliphatic rings. The fourth-order valence-electron chi connectivity index (χ4n) is 3.35. The molecule has 0 saturated carbocycles. The van der Waals surface area contributed by atoms with Gasteiger partial charge in [0, 0.05) is 25.2 Å². The summed E-state index contributed by atoms with van der Waals surface area (Å²) in [4.78, 5) is 21.6. The molecule has 0 radical (unpaired) electrons. The molecule has 0 amide bonds. The van der Waals surface area contributed by atoms with Gasteiger partial charge in [-0.15, -0.1) is 11.8 Å². The SMILES string of the molecule is O=[N+]([O-])c1ccc(C(CO)SC(CO)c2ccc([N+](=O)[O-])c(NCC(O)CO)c2)cc1NCC(O)CO. The van der Waals surface area contributed by atoms with Crippen LogP contribution in [0.2, 0.25) is 0 Å². The maximum Gasteiger partial charge on any atom is 0.292 e. The molecule has 0 bridgehead atoms. The zero-order chi connectivity index (χ0) is 27.5. The van der Waals surface area contributed by atoms with Crippen molar-refractivity contribution in [2.75, 3.05) is 50.2 Å². The highest BCUT2D eigenvalue weighted by Crippen LogP contribution is 2.43. The molecule has 2 rings (SSSR count). The highest BCUT2D eigenvalue weighted by atomic mass is 32.2. The third-order valence-electron chi connectivity index (χ3n) is 5.32. The Morgan fingerprint density at radius 3 is 1.38 bits per heavy atom. The van der Waals surface area contributed by atoms with E-state index in [2.05, 4.69) is 10.6 Å². The number of nitro groups is 2. The van der Waals surface area contributed by atoms with E-state index in [0.717, 1.165) is 11.8 Å². The molecule has 4 unspecified atom stereocenters. The van der Waals surface area contributed by atoms with Crippen LogP contribution in [0.25, 0.3) is 0 Å². The van der Waals surface area contributed by atoms with Crippen LogP contribution in [-0.4, -0.2) is 92.2 Å². The number of benzene rings is 2. The predicted molar refractivity (Wildman–Crippen MR) is 137 cm³/mol. The Morgan fingerprint density at radius 2 is 1.08 bits per heavy atom. The number of hydrogen-bond acceptors (Lipinski definition) is 13. The van der Waals surface area contributed by atoms with Gasteiger partial charge in [0.25, 0.3) is 11.4 Å². The summed E-state index contributed by atoms with van der Waals surface area (Å²) in [5.41, 5.74) is 0.543. The number of nitrogens with one attached hydrogen (secondary N) is 2. The Kier molecular flexibility index (Phi) is 11.9. The molecular formula is C22H30N4O10S. The van der Waals surface area contributed by atoms with E-state index in [1.165, 1.54) is 36.4 Å². The van der Waals surface area contributed by atoms with Gasteiger partial charge in [-0.2, -0.15) is 0 Å². The highest BCUT2D eigenvalue weighted by Gasteiger charge is 2.25. The van der Waals surface area contributed by atoms with Crippen molar-refractivity contribution in [2.24, 2.45) is 0 Å². The molecule has 0 heterocycles. The van der Waals surface area contributed by atoms with Crippen LogP contribution < -0.4 is 10.6 Å². The van der Waals surface area contributed by atoms with Crippen molar-refractivity contribution >= 4 is 34.5 Å². The third-order valence-corrected chi connectivity index (χ3v) is 6.82. The van der Waals surface area contributed by atoms with E-state index in [1.807, 2.05) is 0 Å². The number of anilines is 2. The molecule has 2 aromatic rings. The van der Waals surface area contributed by atoms with Gasteiger partial charge in [0.05, 0.1) is 59.0 Å². The molecule has 0 aromatic heterocycles. The van der Waals surface area contributed by atoms with Crippen molar-refractivity contribution < 1.29 is 40.5 Å². The third kappa shape index (κ3) is 8.50. The van der Waals surface area contributed by atoms with Gasteiger partial charge in [0.15, 0.2) is 0 Å². The van der Waals surface area contributed by atoms with Gasteiger partial charge in [0.2, 0.25) is 0 Å². The lowest BCUT2D eigenvalue weighted by Gasteiger charge is -2.23. The van der Waals surface area contributed by atoms with Gasteiger partial charge in [0.1, 0.15) is 11.4 Å². The summed E-state index contributed by atoms with van der Waals surface area (Å²) in [7, 11) is 0. The molecule has 4 atom stereocenters. The molecular weight excluding hydrogens is 512 g/mol. The molecule has 0 aliphatic heterocycles. The van der Waals surface area contributed by atoms with Gasteiger partial charge < -0.3 is 41.3 Å². The normalized spacial score (nSPS) is 14.4. The van der Waals surface area contributed by atoms with E-state index in [-0.39, 0.29) is 35.8 Å². The minimum atomic E-state index is -1.14. The van der Waals surface area contributed by atoms with Crippen molar-refractivity contribution in [2.45, 2.75) is 22.7 Å². The quantitative estimate of drug-likeness (QED) is 0.107. The maximum absolute atomic E-state index is 11.4. The van der Waals surface area contributed by atoms with Crippen LogP contribution in [0.3, 0.4) is 0 Å². The smallest absolute Gasteiger partial charge is 0.292 e. The van der Waals surface area contributed by atoms with E-state index in [1.54, 1.807) is 0 Å². The zero-order valence-electron chi connectivity index (χ0n) is 19.6. The molecule has 0 saturated heterocycles. The number of rotatable bonds is 16. The first-order valence-electron chi connectivity index (χ1n) is 11.1. The molecule has 0 aliphatic carbocycles. The topological polar surface area (TPSA) is 232 Å². The number of aliphatic hydroxyl groups excluding tert-OH is 6. The first kappa shape index (κ1) is 30.2. The number of nitro benzene ring substituents is 2. The summed E-state index contributed by atoms with van der Waals surface area (Å²) in [6.07, 6.45) is -2.29. The van der Waals surface area contributed by atoms with Crippen molar-refractivity contribution in [1.29, 1.82) is 0 Å². The molecule has 0 fully saturated rings. The Bertz CT molecular complexity index is 979. The van der Waals surface area contributed by atoms with Crippen LogP contribution in [0, 0.1) is 20.2 Å². The van der Waals surface area contributed by atoms with Crippen LogP contribution in [0.1, 0.15) is 21.6 Å². The summed E-state index contributed by atoms with van der Waals surface area (Å²) < 4.78 is 0. The van der Waals surface area contributed by atoms with E-state index < -0.39 is 59.0 Å². The number of hydrogen-bond donors (Lipinski definition) is 8. The van der Waals surface area contributed by atoms with Gasteiger partial charge in [-0.05, 0) is 23.3 Å². The van der Waals surface area contributed by atoms with E-state index in [9.17, 15) is 40.7 Å². The number of thioether (sulfide) groups is 1. The molecule has 14 nitrogen and oxygen atoms in total. The van der Waals surface area contributed by atoms with Gasteiger partial charge in [-0.1, -0.05) is 12.1 Å². The number of aliphatic hydroxyl groups is 6. The lowest BCUT2D eigenvalue weighted by Crippen LogP contribution is -2.23. The van der Waals surface area contributed by atoms with Crippen molar-refractivity contribution in [3.05, 3.63) is 67.8 Å². The Hall–Kier alpha value is -3.05. The first-order valence-corrected chi connectivity index (χ1v) is 12.1. The molecule has 15 heteroatoms. The number of nitrogens with zero attached hydrogens (tertiary/aromatic N) is 2. The lowest BCUT2D eigenvalue weighted by atomic mass is 10.1. The average molecular weight is 543 g/mol. The molecule has 2 aromatic carbocycles. The Morgan fingerprint density at radius 1 is 0.703 bits per heavy atom. The monoisotopic (exact) mass is 542 g/mol. The molecule has 204 valence electrons. The lowest BCUT2D eigenvalue weighted by molar-refractivity contribution is -0.384. The second-order valence-electron chi connectivity index (χ2n) is 7.98. The fourth-order valence-corrected chi connectivity index (χ4v) is 4.52. The predicted octanol–water partition coefficient (Wildman–Crippen LogP) is 0.533. The molecule has 8 N–H and O–H groups in total. The molecule has 37 heavy (non-hydrogen) atoms. The molecule has 0 spiro atoms. The van der Waals surface area contributed by atoms with Gasteiger partial charge in [-0.3, -0.25) is 20.2 Å². The summed E-state index contributed by atoms with van der Waals surface area (Å²) in [6, 6.07) is 8.24. The van der Waals surface area contributed by atoms with Gasteiger partial charge in [-0.25, -0.2) is 0 Å². The summed E-state index contributed by atoms with van der Waals surface area (Å²) in [5, 5.41) is 84.2. The maximum atomic E-state index is 11.4. The van der Waals surface area contributed by atoms with E-state index in [0.29, 0.717) is 11.1 Å². The van der Waals surface area contributed by atoms with Gasteiger partial charge >= 0.3 is 0 Å². The zero-order valence-corrected chi connectivity index (χ0v) is 20.5. The van der Waals surface area contributed by atoms with Crippen LogP contribution >= 0.6 is 11.8 Å². The van der Waals surface area contributed by atoms with Crippen molar-refractivity contribution in [1.82, 2.24) is 0 Å². The van der Waals surface area contributed by atoms with Crippen LogP contribution in [0.4, 0.5) is 22.7 Å². The van der Waals surface area contributed by atoms with Crippen LogP contribution in [-0.2, 0) is 0 Å². The Balaban J connectivity index is 2.34. The standard InChI is InChI=1S/C22H30N4O10S/c27-9-15(31)7-23-17-5-13(1-3-19(17)25(33)34)21(11-29)37-22(12-30)14-2-4-20(26(35)36)18(6-14)24-8-16(32)10-28/h1-6,15-16,21-24,27-32H,7-12H2. The van der Waals surface area contributed by atoms with E-state index in [4.69, 9.17) is 10.2 Å². The second kappa shape index (κ2) is 14.6. The summed E-state index contributed by atoms with van der Waals surface area (Å²) in [5.74, 6) is 0. The second-order valence-corrected chi connectivity index (χ2v) is 9.39. The van der Waals surface area contributed by atoms with Crippen LogP contribution in [0.5, 0.6) is 0 Å². The minimum absolute atomic E-state index is 0.0684. The highest BCUT2D eigenvalue weighted by molar-refractivity contribution is 7.99. The average Bonchev–Trinajstić information content (AvgIpc) is 2.90. The summed E-state index contributed by atoms with van der Waals surface area (Å²) >= 11 is 1.13. The first-order chi connectivity index (χ1) is 17.6. The minimum Gasteiger partial charge on any atom is -0.395 e. The van der Waals surface area contributed by atoms with Crippen molar-refractivity contribution in [3.63, 3.8) is 0 Å². The summed E-state index contributed by atoms with van der Waals surface area (Å²) in [6.45, 7) is -2.20. The fraction of sp³-hybridized carbons (Fsp3) is 0.455. The van der Waals surface area contributed by atoms with E-state index >= 15 is 0 Å². The van der Waals surface area contributed by atoms with Crippen molar-refractivity contribution in [3.8, 4) is 0 Å². The van der Waals surface area contributed by atoms with Crippen LogP contribution in [0.15, 0.2) is 36.4 Å². The Labute approximate surface area is 215 Å². The largest absolute Gasteiger partial charge is 0.395 e.